The van der Waals surface area contributed by atoms with Crippen molar-refractivity contribution in [1.82, 2.24) is 14.8 Å². The third-order valence-electron chi connectivity index (χ3n) is 4.79. The molecule has 2 bridgehead atoms. The molecule has 1 aliphatic carbocycles. The van der Waals surface area contributed by atoms with Crippen LogP contribution in [0.2, 0.25) is 5.02 Å². The summed E-state index contributed by atoms with van der Waals surface area (Å²) in [6.45, 7) is 1.70. The third kappa shape index (κ3) is 2.25. The summed E-state index contributed by atoms with van der Waals surface area (Å²) >= 11 is 6.11. The van der Waals surface area contributed by atoms with Crippen molar-refractivity contribution in [2.75, 3.05) is 13.1 Å². The van der Waals surface area contributed by atoms with Crippen LogP contribution in [0.25, 0.3) is 0 Å². The first-order valence-electron chi connectivity index (χ1n) is 7.63. The summed E-state index contributed by atoms with van der Waals surface area (Å²) in [4.78, 5) is 14.8. The van der Waals surface area contributed by atoms with E-state index in [0.29, 0.717) is 23.1 Å². The summed E-state index contributed by atoms with van der Waals surface area (Å²) in [7, 11) is 0. The first kappa shape index (κ1) is 12.7. The molecule has 0 aromatic carbocycles. The lowest BCUT2D eigenvalue weighted by Gasteiger charge is -2.24. The Bertz CT molecular complexity index is 537. The molecular formula is C15H20ClN3O. The minimum atomic E-state index is 0.151. The molecule has 5 heteroatoms. The Morgan fingerprint density at radius 3 is 2.80 bits per heavy atom. The zero-order valence-corrected chi connectivity index (χ0v) is 12.3. The molecule has 1 aromatic rings. The second-order valence-corrected chi connectivity index (χ2v) is 6.80. The van der Waals surface area contributed by atoms with E-state index >= 15 is 0 Å². The van der Waals surface area contributed by atoms with E-state index < -0.39 is 0 Å². The summed E-state index contributed by atoms with van der Waals surface area (Å²) in [5.41, 5.74) is 0.773. The average molecular weight is 294 g/mol. The number of carbonyl (C=O) groups is 1. The number of nitrogens with one attached hydrogen (secondary N) is 1. The standard InChI is InChI=1S/C15H20ClN3O/c16-10-7-14(19(8-10)13-3-4-13)15(20)18-6-5-11-1-2-12(9-18)17-11/h7-8,11-13,17H,1-6,9H2. The van der Waals surface area contributed by atoms with E-state index in [9.17, 15) is 4.79 Å². The molecule has 3 aliphatic rings. The first-order valence-corrected chi connectivity index (χ1v) is 8.01. The fourth-order valence-electron chi connectivity index (χ4n) is 3.56. The van der Waals surface area contributed by atoms with Crippen LogP contribution < -0.4 is 5.32 Å². The highest BCUT2D eigenvalue weighted by atomic mass is 35.5. The highest BCUT2D eigenvalue weighted by Crippen LogP contribution is 2.37. The van der Waals surface area contributed by atoms with Crippen molar-refractivity contribution >= 4 is 17.5 Å². The highest BCUT2D eigenvalue weighted by Gasteiger charge is 2.34. The van der Waals surface area contributed by atoms with Crippen LogP contribution in [-0.2, 0) is 0 Å². The van der Waals surface area contributed by atoms with Gasteiger partial charge in [-0.1, -0.05) is 11.6 Å². The molecule has 4 nitrogen and oxygen atoms in total. The van der Waals surface area contributed by atoms with Gasteiger partial charge in [0.05, 0.1) is 5.02 Å². The molecule has 1 saturated carbocycles. The number of halogens is 1. The number of hydrogen-bond acceptors (Lipinski definition) is 2. The molecule has 2 atom stereocenters. The maximum atomic E-state index is 12.8. The monoisotopic (exact) mass is 293 g/mol. The number of aromatic nitrogens is 1. The zero-order chi connectivity index (χ0) is 13.7. The van der Waals surface area contributed by atoms with E-state index in [1.165, 1.54) is 12.8 Å². The predicted octanol–water partition coefficient (Wildman–Crippen LogP) is 2.44. The van der Waals surface area contributed by atoms with Gasteiger partial charge in [0.1, 0.15) is 5.69 Å². The third-order valence-corrected chi connectivity index (χ3v) is 4.99. The number of fused-ring (bicyclic) bond motifs is 2. The van der Waals surface area contributed by atoms with E-state index in [1.807, 2.05) is 17.2 Å². The molecule has 3 fully saturated rings. The van der Waals surface area contributed by atoms with Gasteiger partial charge in [-0.05, 0) is 38.2 Å². The minimum Gasteiger partial charge on any atom is -0.339 e. The number of rotatable bonds is 2. The van der Waals surface area contributed by atoms with E-state index in [1.54, 1.807) is 0 Å². The van der Waals surface area contributed by atoms with Crippen LogP contribution in [0, 0.1) is 0 Å². The van der Waals surface area contributed by atoms with Crippen LogP contribution in [0.5, 0.6) is 0 Å². The maximum absolute atomic E-state index is 12.8. The fraction of sp³-hybridized carbons (Fsp3) is 0.667. The number of carbonyl (C=O) groups excluding carboxylic acids is 1. The van der Waals surface area contributed by atoms with Gasteiger partial charge in [0.15, 0.2) is 0 Å². The van der Waals surface area contributed by atoms with E-state index in [0.717, 1.165) is 38.0 Å². The molecule has 108 valence electrons. The van der Waals surface area contributed by atoms with Gasteiger partial charge in [-0.3, -0.25) is 4.79 Å². The van der Waals surface area contributed by atoms with E-state index in [2.05, 4.69) is 9.88 Å². The highest BCUT2D eigenvalue weighted by molar-refractivity contribution is 6.31. The normalized spacial score (nSPS) is 29.6. The maximum Gasteiger partial charge on any atom is 0.270 e. The zero-order valence-electron chi connectivity index (χ0n) is 11.5. The summed E-state index contributed by atoms with van der Waals surface area (Å²) < 4.78 is 2.08. The van der Waals surface area contributed by atoms with E-state index in [4.69, 9.17) is 11.6 Å². The lowest BCUT2D eigenvalue weighted by molar-refractivity contribution is 0.0737. The molecule has 2 unspecified atom stereocenters. The molecule has 1 aromatic heterocycles. The summed E-state index contributed by atoms with van der Waals surface area (Å²) in [6, 6.07) is 3.41. The quantitative estimate of drug-likeness (QED) is 0.909. The van der Waals surface area contributed by atoms with Gasteiger partial charge in [-0.2, -0.15) is 0 Å². The van der Waals surface area contributed by atoms with Gasteiger partial charge >= 0.3 is 0 Å². The Balaban J connectivity index is 1.57. The van der Waals surface area contributed by atoms with Crippen molar-refractivity contribution in [1.29, 1.82) is 0 Å². The second-order valence-electron chi connectivity index (χ2n) is 6.36. The molecular weight excluding hydrogens is 274 g/mol. The van der Waals surface area contributed by atoms with Crippen molar-refractivity contribution in [3.05, 3.63) is 23.0 Å². The lowest BCUT2D eigenvalue weighted by atomic mass is 10.1. The van der Waals surface area contributed by atoms with Crippen LogP contribution in [-0.4, -0.2) is 40.5 Å². The van der Waals surface area contributed by atoms with Gasteiger partial charge < -0.3 is 14.8 Å². The van der Waals surface area contributed by atoms with Gasteiger partial charge in [-0.25, -0.2) is 0 Å². The Morgan fingerprint density at radius 2 is 2.00 bits per heavy atom. The van der Waals surface area contributed by atoms with Crippen molar-refractivity contribution in [3.8, 4) is 0 Å². The molecule has 0 radical (unpaired) electrons. The Kier molecular flexibility index (Phi) is 3.04. The Labute approximate surface area is 124 Å². The minimum absolute atomic E-state index is 0.151. The van der Waals surface area contributed by atoms with Crippen LogP contribution in [0.15, 0.2) is 12.3 Å². The van der Waals surface area contributed by atoms with Gasteiger partial charge in [0.2, 0.25) is 0 Å². The summed E-state index contributed by atoms with van der Waals surface area (Å²) in [5.74, 6) is 0.151. The SMILES string of the molecule is O=C(c1cc(Cl)cn1C1CC1)N1CCC2CCC(C1)N2. The Morgan fingerprint density at radius 1 is 1.20 bits per heavy atom. The van der Waals surface area contributed by atoms with Crippen LogP contribution in [0.3, 0.4) is 0 Å². The second kappa shape index (κ2) is 4.78. The fourth-order valence-corrected chi connectivity index (χ4v) is 3.77. The largest absolute Gasteiger partial charge is 0.339 e. The average Bonchev–Trinajstić information content (AvgIpc) is 3.10. The molecule has 3 heterocycles. The number of amides is 1. The number of likely N-dealkylation sites (tertiary alicyclic amines) is 1. The van der Waals surface area contributed by atoms with Crippen molar-refractivity contribution in [2.24, 2.45) is 0 Å². The van der Waals surface area contributed by atoms with Crippen molar-refractivity contribution in [2.45, 2.75) is 50.2 Å². The number of nitrogens with zero attached hydrogens (tertiary/aromatic N) is 2. The lowest BCUT2D eigenvalue weighted by Crippen LogP contribution is -2.39. The van der Waals surface area contributed by atoms with E-state index in [-0.39, 0.29) is 5.91 Å². The molecule has 20 heavy (non-hydrogen) atoms. The van der Waals surface area contributed by atoms with Gasteiger partial charge in [-0.15, -0.1) is 0 Å². The molecule has 2 aliphatic heterocycles. The summed E-state index contributed by atoms with van der Waals surface area (Å²) in [6.07, 6.45) is 7.76. The smallest absolute Gasteiger partial charge is 0.270 e. The molecule has 1 N–H and O–H groups in total. The van der Waals surface area contributed by atoms with Crippen LogP contribution >= 0.6 is 11.6 Å². The molecule has 0 spiro atoms. The van der Waals surface area contributed by atoms with Gasteiger partial charge in [0.25, 0.3) is 5.91 Å². The van der Waals surface area contributed by atoms with Crippen LogP contribution in [0.1, 0.15) is 48.6 Å². The molecule has 2 saturated heterocycles. The molecule has 4 rings (SSSR count). The van der Waals surface area contributed by atoms with Crippen LogP contribution in [0.4, 0.5) is 0 Å². The van der Waals surface area contributed by atoms with Crippen molar-refractivity contribution in [3.63, 3.8) is 0 Å². The summed E-state index contributed by atoms with van der Waals surface area (Å²) in [5, 5.41) is 4.29. The van der Waals surface area contributed by atoms with Gasteiger partial charge in [0, 0.05) is 37.4 Å². The van der Waals surface area contributed by atoms with Crippen molar-refractivity contribution < 1.29 is 4.79 Å². The number of hydrogen-bond donors (Lipinski definition) is 1. The molecule has 1 amide bonds. The first-order chi connectivity index (χ1) is 9.70. The predicted molar refractivity (Wildman–Crippen MR) is 78.2 cm³/mol. The topological polar surface area (TPSA) is 37.3 Å². The Hall–Kier alpha value is -1.00.